The highest BCUT2D eigenvalue weighted by Gasteiger charge is 2.36. The Morgan fingerprint density at radius 3 is 1.21 bits per heavy atom. The van der Waals surface area contributed by atoms with E-state index in [1.807, 2.05) is 48.5 Å². The van der Waals surface area contributed by atoms with E-state index < -0.39 is 0 Å². The highest BCUT2D eigenvalue weighted by Crippen LogP contribution is 2.52. The topological polar surface area (TPSA) is 70.5 Å². The molecule has 4 aromatic carbocycles. The van der Waals surface area contributed by atoms with Gasteiger partial charge in [-0.15, -0.1) is 0 Å². The standard InChI is InChI=1S/C44H56N2O2/c1-27(2)37-19-7-29(5)23-41(37)43-25-35(47-33-13-9-31(45)10-14-33)17-21-39(43)40-22-18-36(48-34-15-11-32(46)12-16-34)26-44(40)42-24-30(6)8-20-38(42)28(3)4/h9-18,21-22,25-30,37-38,41-42H,7-8,19-20,23-24,45-46H2,1-6H3. The Morgan fingerprint density at radius 1 is 0.500 bits per heavy atom. The van der Waals surface area contributed by atoms with E-state index in [2.05, 4.69) is 77.9 Å². The van der Waals surface area contributed by atoms with E-state index in [1.165, 1.54) is 60.8 Å². The molecule has 4 heteroatoms. The minimum atomic E-state index is 0.462. The summed E-state index contributed by atoms with van der Waals surface area (Å²) in [6.07, 6.45) is 7.53. The lowest BCUT2D eigenvalue weighted by Crippen LogP contribution is -2.27. The van der Waals surface area contributed by atoms with E-state index in [0.717, 1.165) is 34.4 Å². The van der Waals surface area contributed by atoms with Gasteiger partial charge in [-0.25, -0.2) is 0 Å². The van der Waals surface area contributed by atoms with Crippen LogP contribution in [0.25, 0.3) is 11.1 Å². The van der Waals surface area contributed by atoms with Gasteiger partial charge in [-0.3, -0.25) is 0 Å². The molecule has 2 aliphatic carbocycles. The number of rotatable bonds is 9. The molecule has 254 valence electrons. The lowest BCUT2D eigenvalue weighted by Gasteiger charge is -2.40. The fourth-order valence-corrected chi connectivity index (χ4v) is 8.78. The van der Waals surface area contributed by atoms with Crippen LogP contribution >= 0.6 is 0 Å². The minimum Gasteiger partial charge on any atom is -0.457 e. The van der Waals surface area contributed by atoms with Crippen LogP contribution in [0.3, 0.4) is 0 Å². The molecule has 0 aliphatic heterocycles. The Labute approximate surface area is 289 Å². The van der Waals surface area contributed by atoms with Crippen molar-refractivity contribution in [1.29, 1.82) is 0 Å². The molecule has 0 heterocycles. The van der Waals surface area contributed by atoms with Crippen LogP contribution in [0, 0.1) is 35.5 Å². The summed E-state index contributed by atoms with van der Waals surface area (Å²) in [5.41, 5.74) is 19.0. The lowest BCUT2D eigenvalue weighted by atomic mass is 9.64. The number of hydrogen-bond donors (Lipinski definition) is 2. The van der Waals surface area contributed by atoms with Gasteiger partial charge in [0.15, 0.2) is 0 Å². The molecule has 0 bridgehead atoms. The molecular formula is C44H56N2O2. The SMILES string of the molecule is CC1CCC(C(C)C)C(c2cc(Oc3ccc(N)cc3)ccc2-c2ccc(Oc3ccc(N)cc3)cc2C2CC(C)CCC2C(C)C)C1. The van der Waals surface area contributed by atoms with Crippen LogP contribution in [-0.2, 0) is 0 Å². The number of benzene rings is 4. The third-order valence-electron chi connectivity index (χ3n) is 11.4. The van der Waals surface area contributed by atoms with Crippen LogP contribution in [0.2, 0.25) is 0 Å². The second-order valence-corrected chi connectivity index (χ2v) is 15.7. The van der Waals surface area contributed by atoms with Gasteiger partial charge in [0, 0.05) is 11.4 Å². The van der Waals surface area contributed by atoms with E-state index in [9.17, 15) is 0 Å². The largest absolute Gasteiger partial charge is 0.457 e. The number of hydrogen-bond acceptors (Lipinski definition) is 4. The summed E-state index contributed by atoms with van der Waals surface area (Å²) in [6, 6.07) is 29.2. The Kier molecular flexibility index (Phi) is 10.4. The highest BCUT2D eigenvalue weighted by molar-refractivity contribution is 5.74. The zero-order valence-electron chi connectivity index (χ0n) is 29.9. The van der Waals surface area contributed by atoms with Crippen LogP contribution in [0.4, 0.5) is 11.4 Å². The number of nitrogens with two attached hydrogens (primary N) is 2. The Bertz CT molecular complexity index is 1530. The third-order valence-corrected chi connectivity index (χ3v) is 11.4. The van der Waals surface area contributed by atoms with E-state index >= 15 is 0 Å². The van der Waals surface area contributed by atoms with E-state index in [-0.39, 0.29) is 0 Å². The molecule has 6 unspecified atom stereocenters. The molecule has 4 N–H and O–H groups in total. The van der Waals surface area contributed by atoms with Crippen molar-refractivity contribution < 1.29 is 9.47 Å². The Balaban J connectivity index is 1.50. The number of nitrogen functional groups attached to an aromatic ring is 2. The first kappa shape index (κ1) is 34.0. The molecular weight excluding hydrogens is 588 g/mol. The molecule has 6 rings (SSSR count). The predicted molar refractivity (Wildman–Crippen MR) is 202 cm³/mol. The van der Waals surface area contributed by atoms with Gasteiger partial charge in [0.1, 0.15) is 23.0 Å². The first-order valence-corrected chi connectivity index (χ1v) is 18.4. The maximum Gasteiger partial charge on any atom is 0.127 e. The van der Waals surface area contributed by atoms with Gasteiger partial charge >= 0.3 is 0 Å². The summed E-state index contributed by atoms with van der Waals surface area (Å²) in [5, 5.41) is 0. The van der Waals surface area contributed by atoms with Crippen LogP contribution in [0.5, 0.6) is 23.0 Å². The molecule has 2 fully saturated rings. The van der Waals surface area contributed by atoms with Crippen molar-refractivity contribution in [1.82, 2.24) is 0 Å². The van der Waals surface area contributed by atoms with Crippen molar-refractivity contribution in [2.45, 2.75) is 91.9 Å². The van der Waals surface area contributed by atoms with Crippen LogP contribution < -0.4 is 20.9 Å². The molecule has 6 atom stereocenters. The van der Waals surface area contributed by atoms with Crippen LogP contribution in [0.15, 0.2) is 84.9 Å². The van der Waals surface area contributed by atoms with Crippen molar-refractivity contribution in [3.05, 3.63) is 96.1 Å². The summed E-state index contributed by atoms with van der Waals surface area (Å²) in [5.74, 6) is 8.16. The van der Waals surface area contributed by atoms with Gasteiger partial charge in [-0.05, 0) is 168 Å². The average Bonchev–Trinajstić information content (AvgIpc) is 3.06. The number of ether oxygens (including phenoxy) is 2. The Morgan fingerprint density at radius 2 is 0.854 bits per heavy atom. The maximum atomic E-state index is 6.50. The van der Waals surface area contributed by atoms with Crippen LogP contribution in [0.1, 0.15) is 103 Å². The van der Waals surface area contributed by atoms with E-state index in [4.69, 9.17) is 20.9 Å². The van der Waals surface area contributed by atoms with Gasteiger partial charge in [-0.1, -0.05) is 66.5 Å². The molecule has 4 nitrogen and oxygen atoms in total. The van der Waals surface area contributed by atoms with Crippen molar-refractivity contribution in [2.24, 2.45) is 35.5 Å². The second kappa shape index (κ2) is 14.7. The predicted octanol–water partition coefficient (Wildman–Crippen LogP) is 12.5. The summed E-state index contributed by atoms with van der Waals surface area (Å²) < 4.78 is 13.0. The fraction of sp³-hybridized carbons (Fsp3) is 0.455. The molecule has 2 saturated carbocycles. The fourth-order valence-electron chi connectivity index (χ4n) is 8.78. The first-order chi connectivity index (χ1) is 23.0. The highest BCUT2D eigenvalue weighted by atomic mass is 16.5. The lowest BCUT2D eigenvalue weighted by molar-refractivity contribution is 0.196. The van der Waals surface area contributed by atoms with E-state index in [0.29, 0.717) is 47.3 Å². The molecule has 2 aliphatic rings. The molecule has 0 aromatic heterocycles. The maximum absolute atomic E-state index is 6.50. The molecule has 0 saturated heterocycles. The zero-order valence-corrected chi connectivity index (χ0v) is 29.9. The van der Waals surface area contributed by atoms with Gasteiger partial charge in [0.2, 0.25) is 0 Å². The Hall–Kier alpha value is -3.92. The van der Waals surface area contributed by atoms with E-state index in [1.54, 1.807) is 0 Å². The van der Waals surface area contributed by atoms with Gasteiger partial charge in [0.25, 0.3) is 0 Å². The van der Waals surface area contributed by atoms with Gasteiger partial charge in [0.05, 0.1) is 0 Å². The van der Waals surface area contributed by atoms with Crippen LogP contribution in [-0.4, -0.2) is 0 Å². The summed E-state index contributed by atoms with van der Waals surface area (Å²) in [4.78, 5) is 0. The van der Waals surface area contributed by atoms with Crippen molar-refractivity contribution in [3.8, 4) is 34.1 Å². The number of anilines is 2. The summed E-state index contributed by atoms with van der Waals surface area (Å²) in [7, 11) is 0. The van der Waals surface area contributed by atoms with Gasteiger partial charge < -0.3 is 20.9 Å². The zero-order chi connectivity index (χ0) is 33.9. The summed E-state index contributed by atoms with van der Waals surface area (Å²) in [6.45, 7) is 14.5. The third kappa shape index (κ3) is 7.69. The van der Waals surface area contributed by atoms with Crippen molar-refractivity contribution in [2.75, 3.05) is 11.5 Å². The molecule has 4 aromatic rings. The molecule has 48 heavy (non-hydrogen) atoms. The first-order valence-electron chi connectivity index (χ1n) is 18.4. The summed E-state index contributed by atoms with van der Waals surface area (Å²) >= 11 is 0. The monoisotopic (exact) mass is 644 g/mol. The second-order valence-electron chi connectivity index (χ2n) is 15.7. The van der Waals surface area contributed by atoms with Crippen molar-refractivity contribution in [3.63, 3.8) is 0 Å². The normalized spacial score (nSPS) is 24.5. The average molecular weight is 645 g/mol. The molecule has 0 spiro atoms. The van der Waals surface area contributed by atoms with Gasteiger partial charge in [-0.2, -0.15) is 0 Å². The molecule has 0 radical (unpaired) electrons. The quantitative estimate of drug-likeness (QED) is 0.178. The van der Waals surface area contributed by atoms with Crippen molar-refractivity contribution >= 4 is 11.4 Å². The smallest absolute Gasteiger partial charge is 0.127 e. The molecule has 0 amide bonds. The minimum absolute atomic E-state index is 0.462.